The lowest BCUT2D eigenvalue weighted by Gasteiger charge is -2.31. The van der Waals surface area contributed by atoms with Gasteiger partial charge in [-0.3, -0.25) is 0 Å². The van der Waals surface area contributed by atoms with E-state index in [0.717, 1.165) is 48.7 Å². The molecule has 5 rings (SSSR count). The minimum Gasteiger partial charge on any atom is -0.448 e. The summed E-state index contributed by atoms with van der Waals surface area (Å²) in [4.78, 5) is 0. The van der Waals surface area contributed by atoms with Gasteiger partial charge in [0.1, 0.15) is 0 Å². The topological polar surface area (TPSA) is 36.9 Å². The maximum atomic E-state index is 6.18. The molecule has 2 heterocycles. The largest absolute Gasteiger partial charge is 0.448 e. The Morgan fingerprint density at radius 2 is 0.818 bits per heavy atom. The first-order valence-corrected chi connectivity index (χ1v) is 8.70. The smallest absolute Gasteiger partial charge is 0.251 e. The lowest BCUT2D eigenvalue weighted by Crippen LogP contribution is -2.40. The zero-order chi connectivity index (χ0) is 14.6. The molecule has 1 aromatic carbocycles. The van der Waals surface area contributed by atoms with Crippen LogP contribution in [0.4, 0.5) is 0 Å². The van der Waals surface area contributed by atoms with Crippen LogP contribution in [0.25, 0.3) is 0 Å². The monoisotopic (exact) mass is 302 g/mol. The quantitative estimate of drug-likeness (QED) is 0.704. The van der Waals surface area contributed by atoms with Gasteiger partial charge >= 0.3 is 0 Å². The van der Waals surface area contributed by atoms with E-state index in [4.69, 9.17) is 18.9 Å². The van der Waals surface area contributed by atoms with Crippen LogP contribution >= 0.6 is 0 Å². The second kappa shape index (κ2) is 4.46. The van der Waals surface area contributed by atoms with E-state index >= 15 is 0 Å². The molecule has 4 nitrogen and oxygen atoms in total. The third kappa shape index (κ3) is 1.89. The van der Waals surface area contributed by atoms with Crippen LogP contribution < -0.4 is 18.9 Å². The fourth-order valence-corrected chi connectivity index (χ4v) is 4.27. The SMILES string of the molecule is c1c2c(cc3c1OC1(CCCCC1)O3)OC1(CCCCC1)O2. The fourth-order valence-electron chi connectivity index (χ4n) is 4.27. The van der Waals surface area contributed by atoms with Crippen LogP contribution in [0.1, 0.15) is 64.2 Å². The van der Waals surface area contributed by atoms with Gasteiger partial charge in [0.05, 0.1) is 0 Å². The van der Waals surface area contributed by atoms with E-state index in [-0.39, 0.29) is 0 Å². The summed E-state index contributed by atoms with van der Waals surface area (Å²) in [6.45, 7) is 0. The van der Waals surface area contributed by atoms with Gasteiger partial charge < -0.3 is 18.9 Å². The normalized spacial score (nSPS) is 26.5. The van der Waals surface area contributed by atoms with Crippen LogP contribution in [0.5, 0.6) is 23.0 Å². The van der Waals surface area contributed by atoms with Crippen molar-refractivity contribution in [3.05, 3.63) is 12.1 Å². The lowest BCUT2D eigenvalue weighted by atomic mass is 9.94. The number of hydrogen-bond donors (Lipinski definition) is 0. The van der Waals surface area contributed by atoms with Crippen LogP contribution in [0.3, 0.4) is 0 Å². The molecule has 0 N–H and O–H groups in total. The van der Waals surface area contributed by atoms with Crippen molar-refractivity contribution < 1.29 is 18.9 Å². The highest BCUT2D eigenvalue weighted by Crippen LogP contribution is 2.54. The zero-order valence-corrected chi connectivity index (χ0v) is 12.9. The van der Waals surface area contributed by atoms with E-state index in [1.807, 2.05) is 12.1 Å². The van der Waals surface area contributed by atoms with Crippen LogP contribution in [0, 0.1) is 0 Å². The summed E-state index contributed by atoms with van der Waals surface area (Å²) in [5, 5.41) is 0. The Bertz CT molecular complexity index is 509. The molecule has 2 fully saturated rings. The molecule has 4 aliphatic rings. The third-order valence-electron chi connectivity index (χ3n) is 5.42. The number of fused-ring (bicyclic) bond motifs is 2. The molecule has 4 heteroatoms. The standard InChI is InChI=1S/C18H22O4/c1-3-7-17(8-4-1)19-13-11-15-16(12-14(13)20-17)22-18(21-15)9-5-2-6-10-18/h11-12H,1-10H2. The second-order valence-electron chi connectivity index (χ2n) is 7.10. The summed E-state index contributed by atoms with van der Waals surface area (Å²) in [6.07, 6.45) is 11.1. The average molecular weight is 302 g/mol. The first-order valence-electron chi connectivity index (χ1n) is 8.70. The molecule has 0 atom stereocenters. The minimum atomic E-state index is -0.432. The molecule has 0 amide bonds. The van der Waals surface area contributed by atoms with Crippen molar-refractivity contribution in [2.75, 3.05) is 0 Å². The highest BCUT2D eigenvalue weighted by Gasteiger charge is 2.47. The molecule has 1 aromatic rings. The number of ether oxygens (including phenoxy) is 4. The van der Waals surface area contributed by atoms with E-state index in [1.54, 1.807) is 0 Å². The second-order valence-corrected chi connectivity index (χ2v) is 7.10. The van der Waals surface area contributed by atoms with Crippen LogP contribution in [0.2, 0.25) is 0 Å². The first-order chi connectivity index (χ1) is 10.8. The maximum absolute atomic E-state index is 6.18. The number of rotatable bonds is 0. The Hall–Kier alpha value is -1.58. The predicted octanol–water partition coefficient (Wildman–Crippen LogP) is 4.55. The van der Waals surface area contributed by atoms with Crippen molar-refractivity contribution in [2.45, 2.75) is 75.8 Å². The molecule has 118 valence electrons. The van der Waals surface area contributed by atoms with Crippen LogP contribution in [-0.4, -0.2) is 11.6 Å². The van der Waals surface area contributed by atoms with Crippen molar-refractivity contribution >= 4 is 0 Å². The highest BCUT2D eigenvalue weighted by molar-refractivity contribution is 5.57. The van der Waals surface area contributed by atoms with Gasteiger partial charge in [-0.05, 0) is 25.7 Å². The molecule has 0 radical (unpaired) electrons. The Labute approximate surface area is 130 Å². The Balaban J connectivity index is 1.42. The molecule has 22 heavy (non-hydrogen) atoms. The number of benzene rings is 1. The Morgan fingerprint density at radius 3 is 1.14 bits per heavy atom. The number of hydrogen-bond acceptors (Lipinski definition) is 4. The average Bonchev–Trinajstić information content (AvgIpc) is 3.02. The molecule has 0 saturated heterocycles. The molecule has 2 saturated carbocycles. The van der Waals surface area contributed by atoms with Gasteiger partial charge in [-0.15, -0.1) is 0 Å². The van der Waals surface area contributed by atoms with E-state index in [0.29, 0.717) is 0 Å². The first kappa shape index (κ1) is 12.9. The van der Waals surface area contributed by atoms with E-state index in [1.165, 1.54) is 38.5 Å². The highest BCUT2D eigenvalue weighted by atomic mass is 16.7. The molecule has 2 spiro atoms. The van der Waals surface area contributed by atoms with Crippen molar-refractivity contribution in [3.63, 3.8) is 0 Å². The van der Waals surface area contributed by atoms with Crippen LogP contribution in [0.15, 0.2) is 12.1 Å². The van der Waals surface area contributed by atoms with E-state index < -0.39 is 11.6 Å². The van der Waals surface area contributed by atoms with Gasteiger partial charge in [0.2, 0.25) is 0 Å². The summed E-state index contributed by atoms with van der Waals surface area (Å²) < 4.78 is 24.7. The molecule has 0 aromatic heterocycles. The van der Waals surface area contributed by atoms with Crippen LogP contribution in [-0.2, 0) is 0 Å². The van der Waals surface area contributed by atoms with Gasteiger partial charge in [0, 0.05) is 37.8 Å². The zero-order valence-electron chi connectivity index (χ0n) is 12.9. The van der Waals surface area contributed by atoms with E-state index in [9.17, 15) is 0 Å². The molecule has 2 aliphatic carbocycles. The van der Waals surface area contributed by atoms with E-state index in [2.05, 4.69) is 0 Å². The molecule has 2 aliphatic heterocycles. The molecular weight excluding hydrogens is 280 g/mol. The van der Waals surface area contributed by atoms with Crippen molar-refractivity contribution in [3.8, 4) is 23.0 Å². The van der Waals surface area contributed by atoms with Gasteiger partial charge in [-0.25, -0.2) is 0 Å². The lowest BCUT2D eigenvalue weighted by molar-refractivity contribution is -0.109. The molecule has 0 unspecified atom stereocenters. The van der Waals surface area contributed by atoms with Gasteiger partial charge in [0.25, 0.3) is 11.6 Å². The summed E-state index contributed by atoms with van der Waals surface area (Å²) >= 11 is 0. The van der Waals surface area contributed by atoms with Gasteiger partial charge in [-0.2, -0.15) is 0 Å². The molecular formula is C18H22O4. The Morgan fingerprint density at radius 1 is 0.500 bits per heavy atom. The predicted molar refractivity (Wildman–Crippen MR) is 80.6 cm³/mol. The third-order valence-corrected chi connectivity index (χ3v) is 5.42. The van der Waals surface area contributed by atoms with Crippen molar-refractivity contribution in [1.82, 2.24) is 0 Å². The van der Waals surface area contributed by atoms with Gasteiger partial charge in [-0.1, -0.05) is 12.8 Å². The fraction of sp³-hybridized carbons (Fsp3) is 0.667. The summed E-state index contributed by atoms with van der Waals surface area (Å²) in [5.74, 6) is 2.40. The van der Waals surface area contributed by atoms with Crippen molar-refractivity contribution in [2.24, 2.45) is 0 Å². The van der Waals surface area contributed by atoms with Gasteiger partial charge in [0.15, 0.2) is 23.0 Å². The summed E-state index contributed by atoms with van der Waals surface area (Å²) in [6, 6.07) is 3.94. The summed E-state index contributed by atoms with van der Waals surface area (Å²) in [7, 11) is 0. The maximum Gasteiger partial charge on any atom is 0.251 e. The summed E-state index contributed by atoms with van der Waals surface area (Å²) in [5.41, 5.74) is 0. The molecule has 0 bridgehead atoms. The Kier molecular flexibility index (Phi) is 2.62. The van der Waals surface area contributed by atoms with Crippen molar-refractivity contribution in [1.29, 1.82) is 0 Å². The minimum absolute atomic E-state index is 0.432.